The molecule has 1 aliphatic heterocycles. The molecule has 1 fully saturated rings. The molecule has 1 aromatic rings. The van der Waals surface area contributed by atoms with Crippen molar-refractivity contribution in [3.8, 4) is 5.75 Å². The molecule has 0 aromatic heterocycles. The molecule has 112 valence electrons. The van der Waals surface area contributed by atoms with Crippen LogP contribution < -0.4 is 10.1 Å². The summed E-state index contributed by atoms with van der Waals surface area (Å²) in [7, 11) is 1.56. The summed E-state index contributed by atoms with van der Waals surface area (Å²) >= 11 is 0. The lowest BCUT2D eigenvalue weighted by molar-refractivity contribution is 0.0343. The van der Waals surface area contributed by atoms with Gasteiger partial charge in [-0.1, -0.05) is 6.07 Å². The minimum Gasteiger partial charge on any atom is -0.496 e. The van der Waals surface area contributed by atoms with Gasteiger partial charge in [-0.15, -0.1) is 0 Å². The second-order valence-corrected chi connectivity index (χ2v) is 5.12. The zero-order valence-electron chi connectivity index (χ0n) is 12.2. The third-order valence-corrected chi connectivity index (χ3v) is 3.56. The van der Waals surface area contributed by atoms with E-state index >= 15 is 0 Å². The van der Waals surface area contributed by atoms with E-state index in [9.17, 15) is 4.39 Å². The van der Waals surface area contributed by atoms with E-state index in [1.54, 1.807) is 19.2 Å². The number of benzene rings is 1. The molecule has 5 heteroatoms. The van der Waals surface area contributed by atoms with E-state index in [1.807, 2.05) is 0 Å². The van der Waals surface area contributed by atoms with Crippen molar-refractivity contribution in [1.29, 1.82) is 0 Å². The average molecular weight is 282 g/mol. The Morgan fingerprint density at radius 2 is 2.15 bits per heavy atom. The van der Waals surface area contributed by atoms with Crippen LogP contribution in [-0.4, -0.2) is 50.9 Å². The van der Waals surface area contributed by atoms with Crippen LogP contribution in [-0.2, 0) is 11.3 Å². The Kier molecular flexibility index (Phi) is 5.76. The molecule has 1 unspecified atom stereocenters. The van der Waals surface area contributed by atoms with Crippen LogP contribution in [0, 0.1) is 5.82 Å². The molecular formula is C15H23FN2O2. The lowest BCUT2D eigenvalue weighted by Gasteiger charge is -2.29. The molecule has 0 spiro atoms. The topological polar surface area (TPSA) is 33.7 Å². The van der Waals surface area contributed by atoms with Gasteiger partial charge in [0.05, 0.1) is 20.3 Å². The quantitative estimate of drug-likeness (QED) is 0.860. The number of rotatable bonds is 6. The van der Waals surface area contributed by atoms with E-state index in [4.69, 9.17) is 9.47 Å². The van der Waals surface area contributed by atoms with Gasteiger partial charge in [-0.25, -0.2) is 4.39 Å². The third-order valence-electron chi connectivity index (χ3n) is 3.56. The molecule has 1 heterocycles. The van der Waals surface area contributed by atoms with E-state index in [-0.39, 0.29) is 11.9 Å². The van der Waals surface area contributed by atoms with E-state index in [0.717, 1.165) is 32.8 Å². The number of ether oxygens (including phenoxy) is 2. The highest BCUT2D eigenvalue weighted by molar-refractivity contribution is 5.34. The lowest BCUT2D eigenvalue weighted by Crippen LogP contribution is -2.44. The summed E-state index contributed by atoms with van der Waals surface area (Å²) in [6.07, 6.45) is 0. The predicted octanol–water partition coefficient (Wildman–Crippen LogP) is 1.64. The minimum atomic E-state index is -0.226. The largest absolute Gasteiger partial charge is 0.496 e. The maximum atomic E-state index is 13.8. The minimum absolute atomic E-state index is 0.226. The molecule has 0 amide bonds. The van der Waals surface area contributed by atoms with Crippen molar-refractivity contribution >= 4 is 0 Å². The first-order chi connectivity index (χ1) is 9.70. The molecule has 20 heavy (non-hydrogen) atoms. The van der Waals surface area contributed by atoms with Crippen molar-refractivity contribution in [2.24, 2.45) is 0 Å². The molecule has 0 aliphatic carbocycles. The number of halogens is 1. The van der Waals surface area contributed by atoms with Gasteiger partial charge in [0.25, 0.3) is 0 Å². The number of nitrogens with zero attached hydrogens (tertiary/aromatic N) is 1. The van der Waals surface area contributed by atoms with Crippen LogP contribution in [0.2, 0.25) is 0 Å². The van der Waals surface area contributed by atoms with Crippen molar-refractivity contribution in [1.82, 2.24) is 10.2 Å². The van der Waals surface area contributed by atoms with E-state index in [2.05, 4.69) is 17.1 Å². The molecule has 1 atom stereocenters. The molecule has 0 radical (unpaired) electrons. The first-order valence-corrected chi connectivity index (χ1v) is 7.05. The summed E-state index contributed by atoms with van der Waals surface area (Å²) in [5.41, 5.74) is 0.587. The van der Waals surface area contributed by atoms with Gasteiger partial charge in [-0.05, 0) is 19.1 Å². The fourth-order valence-corrected chi connectivity index (χ4v) is 2.41. The van der Waals surface area contributed by atoms with E-state index in [1.165, 1.54) is 6.07 Å². The number of methoxy groups -OCH3 is 1. The molecule has 0 bridgehead atoms. The van der Waals surface area contributed by atoms with Gasteiger partial charge in [-0.3, -0.25) is 4.90 Å². The summed E-state index contributed by atoms with van der Waals surface area (Å²) < 4.78 is 24.3. The Bertz CT molecular complexity index is 422. The first-order valence-electron chi connectivity index (χ1n) is 7.05. The van der Waals surface area contributed by atoms with Crippen LogP contribution in [0.15, 0.2) is 18.2 Å². The van der Waals surface area contributed by atoms with Crippen LogP contribution in [0.5, 0.6) is 5.75 Å². The summed E-state index contributed by atoms with van der Waals surface area (Å²) in [5.74, 6) is 0.367. The second-order valence-electron chi connectivity index (χ2n) is 5.12. The predicted molar refractivity (Wildman–Crippen MR) is 76.5 cm³/mol. The van der Waals surface area contributed by atoms with Crippen LogP contribution >= 0.6 is 0 Å². The van der Waals surface area contributed by atoms with Gasteiger partial charge in [0.2, 0.25) is 0 Å². The molecule has 2 rings (SSSR count). The van der Waals surface area contributed by atoms with Crippen molar-refractivity contribution < 1.29 is 13.9 Å². The van der Waals surface area contributed by atoms with E-state index in [0.29, 0.717) is 17.9 Å². The smallest absolute Gasteiger partial charge is 0.131 e. The molecule has 1 N–H and O–H groups in total. The number of nitrogens with one attached hydrogen (secondary N) is 1. The monoisotopic (exact) mass is 282 g/mol. The number of morpholine rings is 1. The maximum absolute atomic E-state index is 13.8. The molecule has 0 saturated carbocycles. The van der Waals surface area contributed by atoms with Crippen LogP contribution in [0.4, 0.5) is 4.39 Å². The lowest BCUT2D eigenvalue weighted by atomic mass is 10.1. The Labute approximate surface area is 119 Å². The molecular weight excluding hydrogens is 259 g/mol. The summed E-state index contributed by atoms with van der Waals surface area (Å²) in [6, 6.07) is 5.20. The van der Waals surface area contributed by atoms with Gasteiger partial charge in [-0.2, -0.15) is 0 Å². The van der Waals surface area contributed by atoms with Crippen LogP contribution in [0.1, 0.15) is 12.5 Å². The third kappa shape index (κ3) is 4.16. The summed E-state index contributed by atoms with van der Waals surface area (Å²) in [6.45, 7) is 7.07. The fourth-order valence-electron chi connectivity index (χ4n) is 2.41. The zero-order valence-corrected chi connectivity index (χ0v) is 12.2. The SMILES string of the molecule is COc1cccc(F)c1CNC(C)CN1CCOCC1. The molecule has 1 aliphatic rings. The number of hydrogen-bond acceptors (Lipinski definition) is 4. The zero-order chi connectivity index (χ0) is 14.4. The highest BCUT2D eigenvalue weighted by Gasteiger charge is 2.15. The Hall–Kier alpha value is -1.17. The Morgan fingerprint density at radius 1 is 1.40 bits per heavy atom. The number of hydrogen-bond donors (Lipinski definition) is 1. The van der Waals surface area contributed by atoms with Crippen LogP contribution in [0.25, 0.3) is 0 Å². The second kappa shape index (κ2) is 7.57. The highest BCUT2D eigenvalue weighted by atomic mass is 19.1. The Morgan fingerprint density at radius 3 is 2.85 bits per heavy atom. The summed E-state index contributed by atoms with van der Waals surface area (Å²) in [4.78, 5) is 2.36. The van der Waals surface area contributed by atoms with Crippen molar-refractivity contribution in [2.75, 3.05) is 40.0 Å². The van der Waals surface area contributed by atoms with Gasteiger partial charge < -0.3 is 14.8 Å². The van der Waals surface area contributed by atoms with Crippen molar-refractivity contribution in [3.05, 3.63) is 29.6 Å². The average Bonchev–Trinajstić information content (AvgIpc) is 2.46. The van der Waals surface area contributed by atoms with Crippen molar-refractivity contribution in [2.45, 2.75) is 19.5 Å². The van der Waals surface area contributed by atoms with Crippen molar-refractivity contribution in [3.63, 3.8) is 0 Å². The Balaban J connectivity index is 1.85. The summed E-state index contributed by atoms with van der Waals surface area (Å²) in [5, 5.41) is 3.36. The van der Waals surface area contributed by atoms with Gasteiger partial charge >= 0.3 is 0 Å². The molecule has 1 aromatic carbocycles. The molecule has 1 saturated heterocycles. The highest BCUT2D eigenvalue weighted by Crippen LogP contribution is 2.20. The standard InChI is InChI=1S/C15H23FN2O2/c1-12(11-18-6-8-20-9-7-18)17-10-13-14(16)4-3-5-15(13)19-2/h3-5,12,17H,6-11H2,1-2H3. The maximum Gasteiger partial charge on any atom is 0.131 e. The van der Waals surface area contributed by atoms with E-state index < -0.39 is 0 Å². The fraction of sp³-hybridized carbons (Fsp3) is 0.600. The van der Waals surface area contributed by atoms with Gasteiger partial charge in [0, 0.05) is 37.8 Å². The normalized spacial score (nSPS) is 17.9. The first kappa shape index (κ1) is 15.2. The van der Waals surface area contributed by atoms with Gasteiger partial charge in [0.1, 0.15) is 11.6 Å². The molecule has 4 nitrogen and oxygen atoms in total. The van der Waals surface area contributed by atoms with Gasteiger partial charge in [0.15, 0.2) is 0 Å². The van der Waals surface area contributed by atoms with Crippen LogP contribution in [0.3, 0.4) is 0 Å².